The lowest BCUT2D eigenvalue weighted by Gasteiger charge is -2.43. The number of aryl methyl sites for hydroxylation is 1. The highest BCUT2D eigenvalue weighted by Gasteiger charge is 2.43. The molecule has 2 aliphatic heterocycles. The zero-order valence-electron chi connectivity index (χ0n) is 27.1. The van der Waals surface area contributed by atoms with E-state index in [2.05, 4.69) is 0 Å². The van der Waals surface area contributed by atoms with Gasteiger partial charge in [0.15, 0.2) is 5.78 Å². The molecule has 2 fully saturated rings. The summed E-state index contributed by atoms with van der Waals surface area (Å²) >= 11 is 0. The number of phenolic OH excluding ortho intramolecular Hbond substituents is 2. The summed E-state index contributed by atoms with van der Waals surface area (Å²) in [6.07, 6.45) is -3.31. The number of hydrogen-bond acceptors (Lipinski definition) is 11. The summed E-state index contributed by atoms with van der Waals surface area (Å²) in [5.74, 6) is -1.68. The number of carbonyl (C=O) groups is 2. The van der Waals surface area contributed by atoms with Crippen molar-refractivity contribution < 1.29 is 44.2 Å². The largest absolute Gasteiger partial charge is 0.507 e. The summed E-state index contributed by atoms with van der Waals surface area (Å²) < 4.78 is 19.4. The zero-order valence-corrected chi connectivity index (χ0v) is 27.1. The molecule has 2 heterocycles. The first kappa shape index (κ1) is 32.4. The van der Waals surface area contributed by atoms with Crippen LogP contribution in [0.25, 0.3) is 10.8 Å². The van der Waals surface area contributed by atoms with Crippen LogP contribution in [0.15, 0.2) is 30.3 Å². The van der Waals surface area contributed by atoms with Gasteiger partial charge in [0, 0.05) is 40.6 Å². The predicted octanol–water partition coefficient (Wildman–Crippen LogP) is 3.28. The van der Waals surface area contributed by atoms with Crippen LogP contribution in [0.4, 0.5) is 0 Å². The number of nitrogens with zero attached hydrogens (tertiary/aromatic N) is 2. The Labute approximate surface area is 267 Å². The Morgan fingerprint density at radius 1 is 0.804 bits per heavy atom. The molecule has 3 aromatic carbocycles. The van der Waals surface area contributed by atoms with Gasteiger partial charge in [0.1, 0.15) is 17.2 Å². The Bertz CT molecular complexity index is 1720. The number of benzene rings is 3. The van der Waals surface area contributed by atoms with Crippen LogP contribution < -0.4 is 4.74 Å². The number of aromatic hydroxyl groups is 2. The van der Waals surface area contributed by atoms with Gasteiger partial charge in [0.2, 0.25) is 12.1 Å². The molecule has 11 nitrogen and oxygen atoms in total. The van der Waals surface area contributed by atoms with Crippen LogP contribution in [0.1, 0.15) is 75.8 Å². The number of rotatable bonds is 5. The van der Waals surface area contributed by atoms with Gasteiger partial charge in [0.05, 0.1) is 41.6 Å². The number of ether oxygens (including phenoxy) is 3. The molecular formula is C35H42N2O9. The lowest BCUT2D eigenvalue weighted by Crippen LogP contribution is -2.54. The van der Waals surface area contributed by atoms with Crippen molar-refractivity contribution in [1.82, 2.24) is 9.80 Å². The van der Waals surface area contributed by atoms with E-state index >= 15 is 0 Å². The maximum Gasteiger partial charge on any atom is 0.201 e. The van der Waals surface area contributed by atoms with Gasteiger partial charge in [-0.05, 0) is 78.5 Å². The van der Waals surface area contributed by atoms with Crippen molar-refractivity contribution in [1.29, 1.82) is 0 Å². The van der Waals surface area contributed by atoms with Crippen molar-refractivity contribution in [3.63, 3.8) is 0 Å². The van der Waals surface area contributed by atoms with Crippen LogP contribution >= 0.6 is 0 Å². The van der Waals surface area contributed by atoms with Crippen LogP contribution in [-0.2, 0) is 9.47 Å². The second kappa shape index (κ2) is 11.9. The van der Waals surface area contributed by atoms with Crippen molar-refractivity contribution in [2.45, 2.75) is 82.5 Å². The molecule has 0 aromatic heterocycles. The minimum atomic E-state index is -0.846. The third-order valence-corrected chi connectivity index (χ3v) is 9.86. The number of hydrogen-bond donors (Lipinski definition) is 4. The molecule has 246 valence electrons. The van der Waals surface area contributed by atoms with E-state index in [1.54, 1.807) is 6.92 Å². The first-order valence-electron chi connectivity index (χ1n) is 15.6. The zero-order chi connectivity index (χ0) is 33.4. The monoisotopic (exact) mass is 634 g/mol. The van der Waals surface area contributed by atoms with E-state index in [1.165, 1.54) is 24.3 Å². The molecule has 11 heteroatoms. The molecule has 46 heavy (non-hydrogen) atoms. The molecule has 0 bridgehead atoms. The average molecular weight is 635 g/mol. The highest BCUT2D eigenvalue weighted by Crippen LogP contribution is 2.49. The van der Waals surface area contributed by atoms with Crippen molar-refractivity contribution in [3.05, 3.63) is 63.7 Å². The molecular weight excluding hydrogens is 592 g/mol. The minimum absolute atomic E-state index is 0.0224. The van der Waals surface area contributed by atoms with E-state index < -0.39 is 48.4 Å². The van der Waals surface area contributed by atoms with Gasteiger partial charge >= 0.3 is 0 Å². The number of ketones is 2. The van der Waals surface area contributed by atoms with E-state index in [9.17, 15) is 30.0 Å². The van der Waals surface area contributed by atoms with E-state index in [-0.39, 0.29) is 51.6 Å². The third-order valence-electron chi connectivity index (χ3n) is 9.86. The summed E-state index contributed by atoms with van der Waals surface area (Å²) in [5.41, 5.74) is 1.00. The van der Waals surface area contributed by atoms with Crippen LogP contribution in [0.3, 0.4) is 0 Å². The molecule has 3 aliphatic rings. The molecule has 0 saturated carbocycles. The number of aliphatic hydroxyl groups excluding tert-OH is 2. The summed E-state index contributed by atoms with van der Waals surface area (Å²) in [6.45, 7) is 5.47. The predicted molar refractivity (Wildman–Crippen MR) is 170 cm³/mol. The molecule has 8 atom stereocenters. The molecule has 1 aliphatic carbocycles. The Morgan fingerprint density at radius 2 is 1.43 bits per heavy atom. The molecule has 4 N–H and O–H groups in total. The van der Waals surface area contributed by atoms with Gasteiger partial charge < -0.3 is 44.4 Å². The lowest BCUT2D eigenvalue weighted by atomic mass is 9.79. The Balaban J connectivity index is 1.62. The topological polar surface area (TPSA) is 149 Å². The molecule has 0 radical (unpaired) electrons. The van der Waals surface area contributed by atoms with Gasteiger partial charge in [-0.2, -0.15) is 0 Å². The highest BCUT2D eigenvalue weighted by molar-refractivity contribution is 6.34. The molecule has 0 amide bonds. The number of phenols is 2. The number of carbonyl (C=O) groups excluding carboxylic acids is 2. The van der Waals surface area contributed by atoms with Crippen LogP contribution in [0.5, 0.6) is 17.2 Å². The summed E-state index contributed by atoms with van der Waals surface area (Å²) in [7, 11) is 7.54. The first-order chi connectivity index (χ1) is 21.7. The maximum absolute atomic E-state index is 14.3. The van der Waals surface area contributed by atoms with Gasteiger partial charge in [-0.1, -0.05) is 18.2 Å². The quantitative estimate of drug-likeness (QED) is 0.256. The van der Waals surface area contributed by atoms with E-state index in [0.29, 0.717) is 29.2 Å². The summed E-state index contributed by atoms with van der Waals surface area (Å²) in [5, 5.41) is 44.4. The Hall–Kier alpha value is -3.58. The summed E-state index contributed by atoms with van der Waals surface area (Å²) in [6, 6.07) is 7.03. The smallest absolute Gasteiger partial charge is 0.201 e. The van der Waals surface area contributed by atoms with E-state index in [4.69, 9.17) is 14.2 Å². The Morgan fingerprint density at radius 3 is 2.09 bits per heavy atom. The molecule has 0 unspecified atom stereocenters. The molecule has 3 aromatic rings. The Kier molecular flexibility index (Phi) is 8.37. The fourth-order valence-corrected chi connectivity index (χ4v) is 7.40. The SMILES string of the molecule is Cc1cc2cc(O)c3c(c2c(O[C@H]2C[C@H](N(C)C)[C@H](O)[C@@H](C)O2)c1[C@H]1C[C@H](N(C)C)[C@H](O)[C@@H](C)O1)C(=O)c1cccc(O)c1C3=O. The molecule has 6 rings (SSSR count). The average Bonchev–Trinajstić information content (AvgIpc) is 2.98. The number of likely N-dealkylation sites (N-methyl/N-ethyl adjacent to an activating group) is 2. The van der Waals surface area contributed by atoms with Crippen LogP contribution in [0, 0.1) is 6.92 Å². The highest BCUT2D eigenvalue weighted by atomic mass is 16.7. The molecule has 0 spiro atoms. The van der Waals surface area contributed by atoms with Gasteiger partial charge in [-0.25, -0.2) is 0 Å². The maximum atomic E-state index is 14.3. The number of aliphatic hydroxyl groups is 2. The van der Waals surface area contributed by atoms with Crippen molar-refractivity contribution in [2.24, 2.45) is 0 Å². The number of fused-ring (bicyclic) bond motifs is 4. The van der Waals surface area contributed by atoms with Gasteiger partial charge in [-0.3, -0.25) is 9.59 Å². The minimum Gasteiger partial charge on any atom is -0.507 e. The van der Waals surface area contributed by atoms with Crippen LogP contribution in [0.2, 0.25) is 0 Å². The van der Waals surface area contributed by atoms with E-state index in [0.717, 1.165) is 5.56 Å². The van der Waals surface area contributed by atoms with E-state index in [1.807, 2.05) is 57.9 Å². The van der Waals surface area contributed by atoms with Crippen molar-refractivity contribution in [2.75, 3.05) is 28.2 Å². The van der Waals surface area contributed by atoms with Crippen molar-refractivity contribution in [3.8, 4) is 17.2 Å². The second-order valence-corrected chi connectivity index (χ2v) is 13.3. The first-order valence-corrected chi connectivity index (χ1v) is 15.6. The third kappa shape index (κ3) is 5.15. The van der Waals surface area contributed by atoms with Crippen molar-refractivity contribution >= 4 is 22.3 Å². The summed E-state index contributed by atoms with van der Waals surface area (Å²) in [4.78, 5) is 32.0. The second-order valence-electron chi connectivity index (χ2n) is 13.3. The lowest BCUT2D eigenvalue weighted by molar-refractivity contribution is -0.202. The fourth-order valence-electron chi connectivity index (χ4n) is 7.40. The van der Waals surface area contributed by atoms with Gasteiger partial charge in [-0.15, -0.1) is 0 Å². The standard InChI is InChI=1S/C35H42N2O9/c1-15-11-18-12-23(39)29-30(33(42)19-9-8-10-22(38)28(19)34(29)43)27(18)35(46-25-14-21(37(6)7)32(41)17(3)45-25)26(15)24-13-20(36(4)5)31(40)16(2)44-24/h8-12,16-17,20-21,24-25,31-32,38-41H,13-14H2,1-7H3/t16-,17-,20+,21+,24-,25+,31-,32-/m1/s1. The molecule has 2 saturated heterocycles. The normalized spacial score (nSPS) is 29.7. The van der Waals surface area contributed by atoms with Gasteiger partial charge in [0.25, 0.3) is 0 Å². The van der Waals surface area contributed by atoms with Crippen LogP contribution in [-0.4, -0.2) is 113 Å². The fraction of sp³-hybridized carbons (Fsp3) is 0.486.